The molecule has 1 fully saturated rings. The van der Waals surface area contributed by atoms with Crippen molar-refractivity contribution in [3.05, 3.63) is 29.8 Å². The molecular weight excluding hydrogens is 258 g/mol. The molecule has 0 saturated carbocycles. The maximum Gasteiger partial charge on any atom is 0.246 e. The molecule has 1 saturated heterocycles. The van der Waals surface area contributed by atoms with Crippen LogP contribution < -0.4 is 9.47 Å². The van der Waals surface area contributed by atoms with Crippen molar-refractivity contribution >= 4 is 12.0 Å². The number of ether oxygens (including phenoxy) is 3. The highest BCUT2D eigenvalue weighted by Gasteiger charge is 2.14. The second-order valence-corrected chi connectivity index (χ2v) is 4.35. The van der Waals surface area contributed by atoms with Gasteiger partial charge in [-0.25, -0.2) is 0 Å². The molecule has 1 heterocycles. The first-order valence-electron chi connectivity index (χ1n) is 6.52. The van der Waals surface area contributed by atoms with E-state index in [4.69, 9.17) is 14.2 Å². The molecule has 108 valence electrons. The zero-order valence-corrected chi connectivity index (χ0v) is 11.8. The fourth-order valence-electron chi connectivity index (χ4n) is 2.09. The first-order valence-corrected chi connectivity index (χ1v) is 6.52. The van der Waals surface area contributed by atoms with E-state index in [-0.39, 0.29) is 5.91 Å². The first kappa shape index (κ1) is 14.4. The van der Waals surface area contributed by atoms with Gasteiger partial charge in [-0.1, -0.05) is 12.1 Å². The topological polar surface area (TPSA) is 48.0 Å². The first-order chi connectivity index (χ1) is 9.76. The molecule has 1 aromatic carbocycles. The SMILES string of the molecule is COc1cccc(C=CC(=O)N2CCOCC2)c1OC. The third-order valence-electron chi connectivity index (χ3n) is 3.16. The molecule has 1 aromatic rings. The molecule has 0 radical (unpaired) electrons. The molecule has 0 bridgehead atoms. The van der Waals surface area contributed by atoms with Gasteiger partial charge in [0.25, 0.3) is 0 Å². The lowest BCUT2D eigenvalue weighted by molar-refractivity contribution is -0.129. The number of nitrogens with zero attached hydrogens (tertiary/aromatic N) is 1. The van der Waals surface area contributed by atoms with Crippen LogP contribution in [0.4, 0.5) is 0 Å². The average Bonchev–Trinajstić information content (AvgIpc) is 2.52. The lowest BCUT2D eigenvalue weighted by Gasteiger charge is -2.25. The van der Waals surface area contributed by atoms with Gasteiger partial charge in [0, 0.05) is 24.7 Å². The Morgan fingerprint density at radius 2 is 2.00 bits per heavy atom. The van der Waals surface area contributed by atoms with Crippen LogP contribution in [0.25, 0.3) is 6.08 Å². The summed E-state index contributed by atoms with van der Waals surface area (Å²) in [7, 11) is 3.17. The molecule has 0 spiro atoms. The smallest absolute Gasteiger partial charge is 0.246 e. The summed E-state index contributed by atoms with van der Waals surface area (Å²) in [4.78, 5) is 13.8. The number of para-hydroxylation sites is 1. The van der Waals surface area contributed by atoms with E-state index in [0.29, 0.717) is 37.8 Å². The average molecular weight is 277 g/mol. The quantitative estimate of drug-likeness (QED) is 0.784. The molecule has 20 heavy (non-hydrogen) atoms. The van der Waals surface area contributed by atoms with Crippen LogP contribution in [-0.2, 0) is 9.53 Å². The van der Waals surface area contributed by atoms with Crippen molar-refractivity contribution in [1.82, 2.24) is 4.90 Å². The summed E-state index contributed by atoms with van der Waals surface area (Å²) >= 11 is 0. The Morgan fingerprint density at radius 3 is 2.65 bits per heavy atom. The molecule has 0 aromatic heterocycles. The molecule has 0 unspecified atom stereocenters. The van der Waals surface area contributed by atoms with Gasteiger partial charge in [0.05, 0.1) is 27.4 Å². The summed E-state index contributed by atoms with van der Waals surface area (Å²) < 4.78 is 15.8. The predicted molar refractivity (Wildman–Crippen MR) is 76.0 cm³/mol. The Balaban J connectivity index is 2.12. The summed E-state index contributed by atoms with van der Waals surface area (Å²) in [6.07, 6.45) is 3.31. The fraction of sp³-hybridized carbons (Fsp3) is 0.400. The zero-order chi connectivity index (χ0) is 14.4. The number of hydrogen-bond donors (Lipinski definition) is 0. The van der Waals surface area contributed by atoms with Gasteiger partial charge in [-0.05, 0) is 12.1 Å². The van der Waals surface area contributed by atoms with Gasteiger partial charge in [-0.15, -0.1) is 0 Å². The number of morpholine rings is 1. The maximum atomic E-state index is 12.0. The highest BCUT2D eigenvalue weighted by Crippen LogP contribution is 2.31. The van der Waals surface area contributed by atoms with Gasteiger partial charge in [0.15, 0.2) is 11.5 Å². The van der Waals surface area contributed by atoms with Crippen molar-refractivity contribution in [2.45, 2.75) is 0 Å². The van der Waals surface area contributed by atoms with E-state index in [0.717, 1.165) is 5.56 Å². The Bertz CT molecular complexity index is 493. The van der Waals surface area contributed by atoms with E-state index >= 15 is 0 Å². The molecule has 0 aliphatic carbocycles. The van der Waals surface area contributed by atoms with E-state index in [1.807, 2.05) is 18.2 Å². The van der Waals surface area contributed by atoms with E-state index in [1.165, 1.54) is 0 Å². The van der Waals surface area contributed by atoms with Crippen LogP contribution in [0.5, 0.6) is 11.5 Å². The summed E-state index contributed by atoms with van der Waals surface area (Å²) in [6, 6.07) is 5.56. The summed E-state index contributed by atoms with van der Waals surface area (Å²) in [6.45, 7) is 2.47. The molecule has 5 heteroatoms. The molecular formula is C15H19NO4. The number of amides is 1. The van der Waals surface area contributed by atoms with E-state index in [1.54, 1.807) is 31.3 Å². The van der Waals surface area contributed by atoms with Gasteiger partial charge in [-0.3, -0.25) is 4.79 Å². The molecule has 1 aliphatic heterocycles. The van der Waals surface area contributed by atoms with E-state index in [2.05, 4.69) is 0 Å². The molecule has 5 nitrogen and oxygen atoms in total. The van der Waals surface area contributed by atoms with Crippen LogP contribution in [0.3, 0.4) is 0 Å². The summed E-state index contributed by atoms with van der Waals surface area (Å²) in [5, 5.41) is 0. The van der Waals surface area contributed by atoms with Crippen molar-refractivity contribution in [3.63, 3.8) is 0 Å². The second kappa shape index (κ2) is 6.96. The third-order valence-corrected chi connectivity index (χ3v) is 3.16. The standard InChI is InChI=1S/C15H19NO4/c1-18-13-5-3-4-12(15(13)19-2)6-7-14(17)16-8-10-20-11-9-16/h3-7H,8-11H2,1-2H3. The minimum atomic E-state index is -0.0156. The Labute approximate surface area is 118 Å². The zero-order valence-electron chi connectivity index (χ0n) is 11.8. The Kier molecular flexibility index (Phi) is 5.01. The number of hydrogen-bond acceptors (Lipinski definition) is 4. The van der Waals surface area contributed by atoms with Crippen LogP contribution in [-0.4, -0.2) is 51.3 Å². The van der Waals surface area contributed by atoms with Crippen LogP contribution in [0, 0.1) is 0 Å². The molecule has 2 rings (SSSR count). The van der Waals surface area contributed by atoms with Crippen molar-refractivity contribution in [1.29, 1.82) is 0 Å². The highest BCUT2D eigenvalue weighted by molar-refractivity contribution is 5.92. The Hall–Kier alpha value is -2.01. The molecule has 0 N–H and O–H groups in total. The monoisotopic (exact) mass is 277 g/mol. The lowest BCUT2D eigenvalue weighted by Crippen LogP contribution is -2.39. The van der Waals surface area contributed by atoms with Gasteiger partial charge in [0.1, 0.15) is 0 Å². The number of benzene rings is 1. The molecule has 1 amide bonds. The number of rotatable bonds is 4. The normalized spacial score (nSPS) is 15.4. The lowest BCUT2D eigenvalue weighted by atomic mass is 10.1. The third kappa shape index (κ3) is 3.30. The number of carbonyl (C=O) groups is 1. The van der Waals surface area contributed by atoms with Crippen molar-refractivity contribution < 1.29 is 19.0 Å². The minimum Gasteiger partial charge on any atom is -0.493 e. The van der Waals surface area contributed by atoms with Gasteiger partial charge >= 0.3 is 0 Å². The van der Waals surface area contributed by atoms with Crippen LogP contribution in [0.15, 0.2) is 24.3 Å². The predicted octanol–water partition coefficient (Wildman–Crippen LogP) is 1.58. The highest BCUT2D eigenvalue weighted by atomic mass is 16.5. The van der Waals surface area contributed by atoms with E-state index in [9.17, 15) is 4.79 Å². The van der Waals surface area contributed by atoms with Crippen LogP contribution in [0.1, 0.15) is 5.56 Å². The molecule has 0 atom stereocenters. The molecule has 1 aliphatic rings. The van der Waals surface area contributed by atoms with Crippen molar-refractivity contribution in [3.8, 4) is 11.5 Å². The van der Waals surface area contributed by atoms with Gasteiger partial charge in [-0.2, -0.15) is 0 Å². The van der Waals surface area contributed by atoms with Crippen LogP contribution in [0.2, 0.25) is 0 Å². The largest absolute Gasteiger partial charge is 0.493 e. The fourth-order valence-corrected chi connectivity index (χ4v) is 2.09. The van der Waals surface area contributed by atoms with Crippen molar-refractivity contribution in [2.24, 2.45) is 0 Å². The van der Waals surface area contributed by atoms with Gasteiger partial charge < -0.3 is 19.1 Å². The van der Waals surface area contributed by atoms with Gasteiger partial charge in [0.2, 0.25) is 5.91 Å². The van der Waals surface area contributed by atoms with Crippen molar-refractivity contribution in [2.75, 3.05) is 40.5 Å². The summed E-state index contributed by atoms with van der Waals surface area (Å²) in [5.41, 5.74) is 0.813. The minimum absolute atomic E-state index is 0.0156. The maximum absolute atomic E-state index is 12.0. The number of carbonyl (C=O) groups excluding carboxylic acids is 1. The summed E-state index contributed by atoms with van der Waals surface area (Å²) in [5.74, 6) is 1.26. The van der Waals surface area contributed by atoms with E-state index < -0.39 is 0 Å². The number of methoxy groups -OCH3 is 2. The second-order valence-electron chi connectivity index (χ2n) is 4.35. The van der Waals surface area contributed by atoms with Crippen LogP contribution >= 0.6 is 0 Å². The Morgan fingerprint density at radius 1 is 1.25 bits per heavy atom.